The number of rotatable bonds is 8. The number of nitrogens with zero attached hydrogens (tertiary/aromatic N) is 2. The molecule has 0 aliphatic carbocycles. The van der Waals surface area contributed by atoms with E-state index in [2.05, 4.69) is 28.7 Å². The van der Waals surface area contributed by atoms with Crippen molar-refractivity contribution in [2.24, 2.45) is 0 Å². The minimum absolute atomic E-state index is 0.0209. The zero-order chi connectivity index (χ0) is 19.3. The first-order chi connectivity index (χ1) is 12.3. The van der Waals surface area contributed by atoms with E-state index in [1.165, 1.54) is 18.7 Å². The largest absolute Gasteiger partial charge is 0.325 e. The van der Waals surface area contributed by atoms with Crippen LogP contribution in [0.2, 0.25) is 0 Å². The van der Waals surface area contributed by atoms with Crippen molar-refractivity contribution < 1.29 is 9.59 Å². The van der Waals surface area contributed by atoms with Crippen molar-refractivity contribution in [2.75, 3.05) is 5.32 Å². The zero-order valence-electron chi connectivity index (χ0n) is 16.1. The number of hydrogen-bond donors (Lipinski definition) is 1. The summed E-state index contributed by atoms with van der Waals surface area (Å²) in [7, 11) is 0. The van der Waals surface area contributed by atoms with Crippen LogP contribution in [0.5, 0.6) is 0 Å². The number of aryl methyl sites for hydroxylation is 1. The van der Waals surface area contributed by atoms with Gasteiger partial charge in [-0.15, -0.1) is 0 Å². The van der Waals surface area contributed by atoms with Crippen LogP contribution in [0.4, 0.5) is 5.69 Å². The first-order valence-corrected chi connectivity index (χ1v) is 9.83. The van der Waals surface area contributed by atoms with Crippen molar-refractivity contribution in [1.29, 1.82) is 0 Å². The Morgan fingerprint density at radius 2 is 2.04 bits per heavy atom. The molecular weight excluding hydrogens is 346 g/mol. The van der Waals surface area contributed by atoms with Gasteiger partial charge in [0.05, 0.1) is 10.9 Å². The molecule has 140 valence electrons. The van der Waals surface area contributed by atoms with E-state index in [4.69, 9.17) is 0 Å². The van der Waals surface area contributed by atoms with Gasteiger partial charge in [0, 0.05) is 23.5 Å². The standard InChI is InChI=1S/C20H27N3O2S/c1-6-7-11-23-14(3)13(2)21-20(23)26-16(5)19(25)22-18-10-8-9-17(12-18)15(4)24/h8-10,12,16H,6-7,11H2,1-5H3,(H,22,25). The Labute approximate surface area is 159 Å². The highest BCUT2D eigenvalue weighted by Crippen LogP contribution is 2.26. The van der Waals surface area contributed by atoms with E-state index in [0.29, 0.717) is 11.3 Å². The maximum absolute atomic E-state index is 12.6. The number of ketones is 1. The Bertz CT molecular complexity index is 798. The number of benzene rings is 1. The lowest BCUT2D eigenvalue weighted by Gasteiger charge is -2.14. The van der Waals surface area contributed by atoms with Crippen LogP contribution < -0.4 is 5.32 Å². The van der Waals surface area contributed by atoms with Gasteiger partial charge < -0.3 is 9.88 Å². The highest BCUT2D eigenvalue weighted by molar-refractivity contribution is 8.00. The topological polar surface area (TPSA) is 64.0 Å². The fourth-order valence-corrected chi connectivity index (χ4v) is 3.59. The number of anilines is 1. The lowest BCUT2D eigenvalue weighted by atomic mass is 10.1. The number of imidazole rings is 1. The molecule has 1 unspecified atom stereocenters. The van der Waals surface area contributed by atoms with Gasteiger partial charge in [-0.3, -0.25) is 9.59 Å². The van der Waals surface area contributed by atoms with Crippen LogP contribution in [-0.4, -0.2) is 26.5 Å². The molecule has 1 aromatic heterocycles. The lowest BCUT2D eigenvalue weighted by molar-refractivity contribution is -0.115. The summed E-state index contributed by atoms with van der Waals surface area (Å²) in [5, 5.41) is 3.48. The molecular formula is C20H27N3O2S. The van der Waals surface area contributed by atoms with Gasteiger partial charge in [0.1, 0.15) is 0 Å². The van der Waals surface area contributed by atoms with Gasteiger partial charge in [-0.2, -0.15) is 0 Å². The number of carbonyl (C=O) groups is 2. The maximum atomic E-state index is 12.6. The summed E-state index contributed by atoms with van der Waals surface area (Å²) in [6, 6.07) is 7.01. The van der Waals surface area contributed by atoms with E-state index in [-0.39, 0.29) is 16.9 Å². The molecule has 1 N–H and O–H groups in total. The summed E-state index contributed by atoms with van der Waals surface area (Å²) in [5.41, 5.74) is 3.38. The number of amides is 1. The summed E-state index contributed by atoms with van der Waals surface area (Å²) in [6.07, 6.45) is 2.20. The molecule has 1 atom stereocenters. The molecule has 0 radical (unpaired) electrons. The number of aromatic nitrogens is 2. The number of unbranched alkanes of at least 4 members (excludes halogenated alkanes) is 1. The number of Topliss-reactive ketones (excluding diaryl/α,β-unsaturated/α-hetero) is 1. The molecule has 0 saturated carbocycles. The smallest absolute Gasteiger partial charge is 0.237 e. The predicted molar refractivity (Wildman–Crippen MR) is 107 cm³/mol. The van der Waals surface area contributed by atoms with Crippen LogP contribution >= 0.6 is 11.8 Å². The monoisotopic (exact) mass is 373 g/mol. The molecule has 1 aromatic carbocycles. The van der Waals surface area contributed by atoms with Crippen molar-refractivity contribution in [3.8, 4) is 0 Å². The number of thioether (sulfide) groups is 1. The highest BCUT2D eigenvalue weighted by Gasteiger charge is 2.20. The molecule has 0 aliphatic rings. The SMILES string of the molecule is CCCCn1c(SC(C)C(=O)Nc2cccc(C(C)=O)c2)nc(C)c1C. The van der Waals surface area contributed by atoms with E-state index in [0.717, 1.165) is 35.9 Å². The zero-order valence-corrected chi connectivity index (χ0v) is 16.9. The number of nitrogens with one attached hydrogen (secondary N) is 1. The van der Waals surface area contributed by atoms with Crippen molar-refractivity contribution in [3.63, 3.8) is 0 Å². The summed E-state index contributed by atoms with van der Waals surface area (Å²) < 4.78 is 2.20. The molecule has 0 saturated heterocycles. The van der Waals surface area contributed by atoms with Gasteiger partial charge in [-0.05, 0) is 46.2 Å². The normalized spacial score (nSPS) is 12.0. The van der Waals surface area contributed by atoms with Crippen LogP contribution in [0, 0.1) is 13.8 Å². The second kappa shape index (κ2) is 9.03. The molecule has 1 heterocycles. The molecule has 6 heteroatoms. The Morgan fingerprint density at radius 1 is 1.31 bits per heavy atom. The quantitative estimate of drug-likeness (QED) is 0.541. The second-order valence-corrected chi connectivity index (χ2v) is 7.76. The average molecular weight is 374 g/mol. The van der Waals surface area contributed by atoms with Gasteiger partial charge in [-0.1, -0.05) is 37.2 Å². The molecule has 0 spiro atoms. The summed E-state index contributed by atoms with van der Waals surface area (Å²) in [6.45, 7) is 10.5. The van der Waals surface area contributed by atoms with Crippen LogP contribution in [0.25, 0.3) is 0 Å². The van der Waals surface area contributed by atoms with Gasteiger partial charge >= 0.3 is 0 Å². The van der Waals surface area contributed by atoms with Gasteiger partial charge in [0.2, 0.25) is 5.91 Å². The van der Waals surface area contributed by atoms with Crippen LogP contribution in [0.1, 0.15) is 55.4 Å². The molecule has 2 rings (SSSR count). The predicted octanol–water partition coefficient (Wildman–Crippen LogP) is 4.62. The first-order valence-electron chi connectivity index (χ1n) is 8.95. The Hall–Kier alpha value is -2.08. The highest BCUT2D eigenvalue weighted by atomic mass is 32.2. The lowest BCUT2D eigenvalue weighted by Crippen LogP contribution is -2.23. The minimum Gasteiger partial charge on any atom is -0.325 e. The Morgan fingerprint density at radius 3 is 2.69 bits per heavy atom. The first kappa shape index (κ1) is 20.2. The third kappa shape index (κ3) is 4.97. The van der Waals surface area contributed by atoms with E-state index >= 15 is 0 Å². The molecule has 0 fully saturated rings. The maximum Gasteiger partial charge on any atom is 0.237 e. The van der Waals surface area contributed by atoms with Crippen LogP contribution in [0.15, 0.2) is 29.4 Å². The van der Waals surface area contributed by atoms with Crippen LogP contribution in [-0.2, 0) is 11.3 Å². The van der Waals surface area contributed by atoms with E-state index in [1.807, 2.05) is 13.8 Å². The molecule has 5 nitrogen and oxygen atoms in total. The van der Waals surface area contributed by atoms with Crippen molar-refractivity contribution in [1.82, 2.24) is 9.55 Å². The van der Waals surface area contributed by atoms with Crippen LogP contribution in [0.3, 0.4) is 0 Å². The fourth-order valence-electron chi connectivity index (χ4n) is 2.56. The minimum atomic E-state index is -0.294. The van der Waals surface area contributed by atoms with E-state index in [9.17, 15) is 9.59 Å². The number of carbonyl (C=O) groups excluding carboxylic acids is 2. The van der Waals surface area contributed by atoms with Gasteiger partial charge in [0.25, 0.3) is 0 Å². The molecule has 0 aliphatic heterocycles. The van der Waals surface area contributed by atoms with E-state index < -0.39 is 0 Å². The molecule has 26 heavy (non-hydrogen) atoms. The summed E-state index contributed by atoms with van der Waals surface area (Å²) >= 11 is 1.47. The third-order valence-corrected chi connectivity index (χ3v) is 5.44. The fraction of sp³-hybridized carbons (Fsp3) is 0.450. The third-order valence-electron chi connectivity index (χ3n) is 4.35. The van der Waals surface area contributed by atoms with Crippen molar-refractivity contribution in [3.05, 3.63) is 41.2 Å². The van der Waals surface area contributed by atoms with Gasteiger partial charge in [-0.25, -0.2) is 4.98 Å². The van der Waals surface area contributed by atoms with Crippen molar-refractivity contribution >= 4 is 29.1 Å². The number of hydrogen-bond acceptors (Lipinski definition) is 4. The molecule has 2 aromatic rings. The summed E-state index contributed by atoms with van der Waals surface area (Å²) in [5.74, 6) is -0.122. The average Bonchev–Trinajstić information content (AvgIpc) is 2.86. The van der Waals surface area contributed by atoms with Crippen molar-refractivity contribution in [2.45, 2.75) is 64.4 Å². The Balaban J connectivity index is 2.09. The molecule has 1 amide bonds. The van der Waals surface area contributed by atoms with Gasteiger partial charge in [0.15, 0.2) is 10.9 Å². The summed E-state index contributed by atoms with van der Waals surface area (Å²) in [4.78, 5) is 28.7. The second-order valence-electron chi connectivity index (χ2n) is 6.46. The van der Waals surface area contributed by atoms with E-state index in [1.54, 1.807) is 24.3 Å². The molecule has 0 bridgehead atoms. The Kier molecular flexibility index (Phi) is 7.03.